The van der Waals surface area contributed by atoms with Crippen LogP contribution in [0.5, 0.6) is 0 Å². The first-order chi connectivity index (χ1) is 12.7. The highest BCUT2D eigenvalue weighted by Crippen LogP contribution is 2.36. The number of amides is 1. The van der Waals surface area contributed by atoms with Crippen LogP contribution in [0, 0.1) is 6.92 Å². The lowest BCUT2D eigenvalue weighted by Crippen LogP contribution is -2.45. The third kappa shape index (κ3) is 2.99. The lowest BCUT2D eigenvalue weighted by atomic mass is 9.72. The Hall–Kier alpha value is -2.66. The smallest absolute Gasteiger partial charge is 0.272 e. The number of nitrogens with one attached hydrogen (secondary N) is 2. The van der Waals surface area contributed by atoms with Crippen molar-refractivity contribution in [3.63, 3.8) is 0 Å². The third-order valence-electron chi connectivity index (χ3n) is 5.44. The van der Waals surface area contributed by atoms with Gasteiger partial charge in [0.2, 0.25) is 0 Å². The predicted octanol–water partition coefficient (Wildman–Crippen LogP) is 3.35. The zero-order valence-electron chi connectivity index (χ0n) is 14.9. The molecule has 0 unspecified atom stereocenters. The second-order valence-corrected chi connectivity index (χ2v) is 7.01. The van der Waals surface area contributed by atoms with Crippen LogP contribution in [-0.2, 0) is 10.2 Å². The zero-order valence-corrected chi connectivity index (χ0v) is 14.9. The van der Waals surface area contributed by atoms with Crippen molar-refractivity contribution in [2.75, 3.05) is 19.8 Å². The molecule has 134 valence electrons. The Labute approximate surface area is 152 Å². The average Bonchev–Trinajstić information content (AvgIpc) is 3.11. The molecule has 2 heterocycles. The van der Waals surface area contributed by atoms with Crippen molar-refractivity contribution >= 4 is 16.8 Å². The number of ether oxygens (including phenoxy) is 1. The largest absolute Gasteiger partial charge is 0.381 e. The molecule has 1 aliphatic rings. The molecule has 1 aliphatic heterocycles. The van der Waals surface area contributed by atoms with Crippen LogP contribution in [0.1, 0.15) is 34.5 Å². The Kier molecular flexibility index (Phi) is 4.47. The minimum absolute atomic E-state index is 0.0919. The summed E-state index contributed by atoms with van der Waals surface area (Å²) in [5, 5.41) is 11.1. The number of hydrogen-bond donors (Lipinski definition) is 2. The topological polar surface area (TPSA) is 67.0 Å². The van der Waals surface area contributed by atoms with E-state index in [1.54, 1.807) is 0 Å². The summed E-state index contributed by atoms with van der Waals surface area (Å²) in [5.41, 5.74) is 3.79. The normalized spacial score (nSPS) is 16.5. The molecule has 5 nitrogen and oxygen atoms in total. The van der Waals surface area contributed by atoms with Crippen LogP contribution >= 0.6 is 0 Å². The zero-order chi connectivity index (χ0) is 18.0. The Morgan fingerprint density at radius 2 is 1.88 bits per heavy atom. The summed E-state index contributed by atoms with van der Waals surface area (Å²) in [7, 11) is 0. The summed E-state index contributed by atoms with van der Waals surface area (Å²) < 4.78 is 5.59. The van der Waals surface area contributed by atoms with Gasteiger partial charge in [-0.3, -0.25) is 9.89 Å². The van der Waals surface area contributed by atoms with Gasteiger partial charge in [0.1, 0.15) is 0 Å². The van der Waals surface area contributed by atoms with E-state index in [1.165, 1.54) is 11.1 Å². The lowest BCUT2D eigenvalue weighted by molar-refractivity contribution is 0.0485. The van der Waals surface area contributed by atoms with Crippen molar-refractivity contribution in [1.29, 1.82) is 0 Å². The molecule has 1 fully saturated rings. The molecule has 0 spiro atoms. The van der Waals surface area contributed by atoms with Crippen LogP contribution in [-0.4, -0.2) is 35.9 Å². The highest BCUT2D eigenvalue weighted by Gasteiger charge is 2.36. The van der Waals surface area contributed by atoms with Gasteiger partial charge in [0, 0.05) is 30.6 Å². The number of aryl methyl sites for hydroxylation is 1. The van der Waals surface area contributed by atoms with E-state index >= 15 is 0 Å². The minimum Gasteiger partial charge on any atom is -0.381 e. The third-order valence-corrected chi connectivity index (χ3v) is 5.44. The van der Waals surface area contributed by atoms with Gasteiger partial charge in [-0.2, -0.15) is 5.10 Å². The molecule has 0 radical (unpaired) electrons. The van der Waals surface area contributed by atoms with Gasteiger partial charge in [-0.05, 0) is 37.0 Å². The average molecular weight is 349 g/mol. The van der Waals surface area contributed by atoms with Crippen LogP contribution in [0.15, 0.2) is 48.5 Å². The SMILES string of the molecule is Cc1ccccc1C1(CNC(=O)c2n[nH]c3ccccc23)CCOCC1. The summed E-state index contributed by atoms with van der Waals surface area (Å²) in [5.74, 6) is -0.137. The number of rotatable bonds is 4. The van der Waals surface area contributed by atoms with Crippen LogP contribution < -0.4 is 5.32 Å². The molecule has 0 bridgehead atoms. The first-order valence-electron chi connectivity index (χ1n) is 9.05. The summed E-state index contributed by atoms with van der Waals surface area (Å²) in [6.45, 7) is 4.15. The molecule has 0 aliphatic carbocycles. The van der Waals surface area contributed by atoms with E-state index in [-0.39, 0.29) is 11.3 Å². The molecular weight excluding hydrogens is 326 g/mol. The number of benzene rings is 2. The van der Waals surface area contributed by atoms with Gasteiger partial charge in [0.05, 0.1) is 5.52 Å². The van der Waals surface area contributed by atoms with Crippen molar-refractivity contribution in [3.05, 3.63) is 65.4 Å². The predicted molar refractivity (Wildman–Crippen MR) is 101 cm³/mol. The van der Waals surface area contributed by atoms with Gasteiger partial charge >= 0.3 is 0 Å². The number of aromatic amines is 1. The Morgan fingerprint density at radius 3 is 2.69 bits per heavy atom. The maximum atomic E-state index is 12.8. The van der Waals surface area contributed by atoms with Gasteiger partial charge in [-0.25, -0.2) is 0 Å². The van der Waals surface area contributed by atoms with Crippen molar-refractivity contribution in [2.45, 2.75) is 25.2 Å². The summed E-state index contributed by atoms with van der Waals surface area (Å²) in [6, 6.07) is 16.1. The van der Waals surface area contributed by atoms with E-state index in [0.717, 1.165) is 37.0 Å². The minimum atomic E-state index is -0.137. The fraction of sp³-hybridized carbons (Fsp3) is 0.333. The molecule has 1 saturated heterocycles. The first kappa shape index (κ1) is 16.8. The Morgan fingerprint density at radius 1 is 1.15 bits per heavy atom. The molecule has 1 aromatic heterocycles. The number of aromatic nitrogens is 2. The van der Waals surface area contributed by atoms with Crippen LogP contribution in [0.4, 0.5) is 0 Å². The van der Waals surface area contributed by atoms with E-state index in [9.17, 15) is 4.79 Å². The highest BCUT2D eigenvalue weighted by atomic mass is 16.5. The Balaban J connectivity index is 1.59. The maximum absolute atomic E-state index is 12.8. The van der Waals surface area contributed by atoms with Crippen LogP contribution in [0.2, 0.25) is 0 Å². The molecular formula is C21H23N3O2. The molecule has 5 heteroatoms. The molecule has 1 amide bonds. The standard InChI is InChI=1S/C21H23N3O2/c1-15-6-2-4-8-17(15)21(10-12-26-13-11-21)14-22-20(25)19-16-7-3-5-9-18(16)23-24-19/h2-9H,10-14H2,1H3,(H,22,25)(H,23,24). The number of para-hydroxylation sites is 1. The fourth-order valence-corrected chi connectivity index (χ4v) is 3.94. The number of carbonyl (C=O) groups is 1. The summed E-state index contributed by atoms with van der Waals surface area (Å²) in [6.07, 6.45) is 1.80. The molecule has 0 saturated carbocycles. The molecule has 0 atom stereocenters. The van der Waals surface area contributed by atoms with Gasteiger partial charge in [-0.15, -0.1) is 0 Å². The molecule has 2 N–H and O–H groups in total. The molecule has 2 aromatic carbocycles. The molecule has 3 aromatic rings. The van der Waals surface area contributed by atoms with Crippen molar-refractivity contribution in [1.82, 2.24) is 15.5 Å². The van der Waals surface area contributed by atoms with Crippen molar-refractivity contribution in [3.8, 4) is 0 Å². The van der Waals surface area contributed by atoms with Crippen molar-refractivity contribution in [2.24, 2.45) is 0 Å². The van der Waals surface area contributed by atoms with Crippen LogP contribution in [0.3, 0.4) is 0 Å². The van der Waals surface area contributed by atoms with Crippen molar-refractivity contribution < 1.29 is 9.53 Å². The Bertz CT molecular complexity index is 926. The lowest BCUT2D eigenvalue weighted by Gasteiger charge is -2.38. The monoisotopic (exact) mass is 349 g/mol. The van der Waals surface area contributed by atoms with E-state index in [4.69, 9.17) is 4.74 Å². The quantitative estimate of drug-likeness (QED) is 0.759. The second-order valence-electron chi connectivity index (χ2n) is 7.01. The van der Waals surface area contributed by atoms with E-state index in [0.29, 0.717) is 12.2 Å². The summed E-state index contributed by atoms with van der Waals surface area (Å²) >= 11 is 0. The van der Waals surface area contributed by atoms with Gasteiger partial charge in [0.25, 0.3) is 5.91 Å². The number of carbonyl (C=O) groups excluding carboxylic acids is 1. The molecule has 26 heavy (non-hydrogen) atoms. The van der Waals surface area contributed by atoms with Gasteiger partial charge < -0.3 is 10.1 Å². The highest BCUT2D eigenvalue weighted by molar-refractivity contribution is 6.04. The van der Waals surface area contributed by atoms with E-state index in [2.05, 4.69) is 46.7 Å². The summed E-state index contributed by atoms with van der Waals surface area (Å²) in [4.78, 5) is 12.8. The first-order valence-corrected chi connectivity index (χ1v) is 9.05. The van der Waals surface area contributed by atoms with Gasteiger partial charge in [0.15, 0.2) is 5.69 Å². The van der Waals surface area contributed by atoms with E-state index < -0.39 is 0 Å². The van der Waals surface area contributed by atoms with E-state index in [1.807, 2.05) is 24.3 Å². The maximum Gasteiger partial charge on any atom is 0.272 e. The second kappa shape index (κ2) is 6.92. The fourth-order valence-electron chi connectivity index (χ4n) is 3.94. The number of H-pyrrole nitrogens is 1. The molecule has 4 rings (SSSR count). The number of nitrogens with zero attached hydrogens (tertiary/aromatic N) is 1. The van der Waals surface area contributed by atoms with Crippen LogP contribution in [0.25, 0.3) is 10.9 Å². The number of hydrogen-bond acceptors (Lipinski definition) is 3. The number of fused-ring (bicyclic) bond motifs is 1. The van der Waals surface area contributed by atoms with Gasteiger partial charge in [-0.1, -0.05) is 42.5 Å².